The van der Waals surface area contributed by atoms with Gasteiger partial charge >= 0.3 is 0 Å². The molecule has 2 rings (SSSR count). The van der Waals surface area contributed by atoms with E-state index in [1.165, 1.54) is 0 Å². The van der Waals surface area contributed by atoms with Gasteiger partial charge in [0.1, 0.15) is 5.82 Å². The first kappa shape index (κ1) is 14.5. The monoisotopic (exact) mass is 289 g/mol. The summed E-state index contributed by atoms with van der Waals surface area (Å²) in [4.78, 5) is 0. The van der Waals surface area contributed by atoms with Crippen LogP contribution in [0.15, 0.2) is 12.1 Å². The molecule has 0 saturated heterocycles. The number of nitrogens with one attached hydrogen (secondary N) is 1. The number of hydrogen-bond acceptors (Lipinski definition) is 2. The highest BCUT2D eigenvalue weighted by Gasteiger charge is 2.28. The first-order valence-corrected chi connectivity index (χ1v) is 6.99. The predicted molar refractivity (Wildman–Crippen MR) is 72.5 cm³/mol. The van der Waals surface area contributed by atoms with Gasteiger partial charge in [0.15, 0.2) is 5.82 Å². The zero-order valence-electron chi connectivity index (χ0n) is 10.7. The van der Waals surface area contributed by atoms with Crippen LogP contribution in [0.3, 0.4) is 0 Å². The highest BCUT2D eigenvalue weighted by atomic mass is 35.5. The minimum atomic E-state index is -0.833. The maximum Gasteiger partial charge on any atom is 0.150 e. The van der Waals surface area contributed by atoms with E-state index in [0.717, 1.165) is 37.8 Å². The van der Waals surface area contributed by atoms with Gasteiger partial charge in [-0.15, -0.1) is 0 Å². The molecule has 1 aromatic carbocycles. The fraction of sp³-hybridized carbons (Fsp3) is 0.571. The highest BCUT2D eigenvalue weighted by Crippen LogP contribution is 2.30. The van der Waals surface area contributed by atoms with Gasteiger partial charge in [-0.05, 0) is 18.9 Å². The van der Waals surface area contributed by atoms with Crippen LogP contribution in [0.2, 0.25) is 5.02 Å². The summed E-state index contributed by atoms with van der Waals surface area (Å²) < 4.78 is 26.5. The van der Waals surface area contributed by atoms with Crippen LogP contribution in [-0.4, -0.2) is 17.3 Å². The Hall–Kier alpha value is -0.870. The standard InChI is InChI=1S/C14H18ClF2NO/c15-11-7-10(16)8-12(17)13(11)18-9-14(19)5-3-1-2-4-6-14/h7-8,18-19H,1-6,9H2. The summed E-state index contributed by atoms with van der Waals surface area (Å²) >= 11 is 5.81. The number of aliphatic hydroxyl groups is 1. The SMILES string of the molecule is OC1(CNc2c(F)cc(F)cc2Cl)CCCCCC1. The van der Waals surface area contributed by atoms with Crippen LogP contribution >= 0.6 is 11.6 Å². The number of rotatable bonds is 3. The van der Waals surface area contributed by atoms with E-state index in [0.29, 0.717) is 12.8 Å². The van der Waals surface area contributed by atoms with Crippen molar-refractivity contribution >= 4 is 17.3 Å². The molecule has 0 heterocycles. The van der Waals surface area contributed by atoms with Gasteiger partial charge in [-0.2, -0.15) is 0 Å². The molecule has 5 heteroatoms. The van der Waals surface area contributed by atoms with Crippen LogP contribution in [0.1, 0.15) is 38.5 Å². The van der Waals surface area contributed by atoms with Crippen molar-refractivity contribution in [1.29, 1.82) is 0 Å². The lowest BCUT2D eigenvalue weighted by atomic mass is 9.94. The van der Waals surface area contributed by atoms with Gasteiger partial charge in [-0.3, -0.25) is 0 Å². The molecule has 1 fully saturated rings. The van der Waals surface area contributed by atoms with E-state index in [9.17, 15) is 13.9 Å². The maximum atomic E-state index is 13.6. The molecule has 0 amide bonds. The molecule has 0 bridgehead atoms. The molecule has 1 aliphatic rings. The summed E-state index contributed by atoms with van der Waals surface area (Å²) in [5.41, 5.74) is -0.776. The normalized spacial score (nSPS) is 18.9. The van der Waals surface area contributed by atoms with Gasteiger partial charge in [0.25, 0.3) is 0 Å². The number of benzene rings is 1. The van der Waals surface area contributed by atoms with Gasteiger partial charge < -0.3 is 10.4 Å². The van der Waals surface area contributed by atoms with Crippen LogP contribution < -0.4 is 5.32 Å². The van der Waals surface area contributed by atoms with Gasteiger partial charge in [-0.1, -0.05) is 37.3 Å². The zero-order chi connectivity index (χ0) is 13.9. The topological polar surface area (TPSA) is 32.3 Å². The molecule has 1 aromatic rings. The van der Waals surface area contributed by atoms with Crippen molar-refractivity contribution in [3.63, 3.8) is 0 Å². The maximum absolute atomic E-state index is 13.6. The molecule has 0 radical (unpaired) electrons. The Labute approximate surface area is 116 Å². The summed E-state index contributed by atoms with van der Waals surface area (Å²) in [5, 5.41) is 13.3. The highest BCUT2D eigenvalue weighted by molar-refractivity contribution is 6.33. The van der Waals surface area contributed by atoms with Crippen molar-refractivity contribution in [2.75, 3.05) is 11.9 Å². The van der Waals surface area contributed by atoms with Crippen molar-refractivity contribution in [3.8, 4) is 0 Å². The Morgan fingerprint density at radius 3 is 2.37 bits per heavy atom. The molecule has 0 atom stereocenters. The quantitative estimate of drug-likeness (QED) is 0.821. The van der Waals surface area contributed by atoms with E-state index in [-0.39, 0.29) is 17.3 Å². The average molecular weight is 290 g/mol. The van der Waals surface area contributed by atoms with E-state index < -0.39 is 17.2 Å². The number of anilines is 1. The largest absolute Gasteiger partial charge is 0.388 e. The molecule has 0 aliphatic heterocycles. The smallest absolute Gasteiger partial charge is 0.150 e. The first-order chi connectivity index (χ1) is 9.00. The van der Waals surface area contributed by atoms with Crippen LogP contribution in [0, 0.1) is 11.6 Å². The van der Waals surface area contributed by atoms with Gasteiger partial charge in [0.05, 0.1) is 16.3 Å². The van der Waals surface area contributed by atoms with Crippen molar-refractivity contribution in [3.05, 3.63) is 28.8 Å². The molecule has 0 spiro atoms. The molecule has 2 N–H and O–H groups in total. The third-order valence-corrected chi connectivity index (χ3v) is 3.93. The summed E-state index contributed by atoms with van der Waals surface area (Å²) in [7, 11) is 0. The van der Waals surface area contributed by atoms with E-state index in [2.05, 4.69) is 5.32 Å². The second-order valence-electron chi connectivity index (χ2n) is 5.24. The average Bonchev–Trinajstić information content (AvgIpc) is 2.53. The van der Waals surface area contributed by atoms with E-state index >= 15 is 0 Å². The summed E-state index contributed by atoms with van der Waals surface area (Å²) in [6.45, 7) is 0.231. The summed E-state index contributed by atoms with van der Waals surface area (Å²) in [5.74, 6) is -1.44. The molecule has 1 saturated carbocycles. The molecule has 106 valence electrons. The Morgan fingerprint density at radius 1 is 1.16 bits per heavy atom. The Bertz CT molecular complexity index is 422. The summed E-state index contributed by atoms with van der Waals surface area (Å²) in [6.07, 6.45) is 5.57. The molecule has 0 unspecified atom stereocenters. The molecular formula is C14H18ClF2NO. The Morgan fingerprint density at radius 2 is 1.79 bits per heavy atom. The van der Waals surface area contributed by atoms with Crippen molar-refractivity contribution in [2.45, 2.75) is 44.1 Å². The fourth-order valence-corrected chi connectivity index (χ4v) is 2.79. The number of hydrogen-bond donors (Lipinski definition) is 2. The van der Waals surface area contributed by atoms with Crippen molar-refractivity contribution < 1.29 is 13.9 Å². The molecule has 1 aliphatic carbocycles. The Balaban J connectivity index is 2.05. The van der Waals surface area contributed by atoms with Gasteiger partial charge in [0, 0.05) is 12.6 Å². The van der Waals surface area contributed by atoms with E-state index in [4.69, 9.17) is 11.6 Å². The van der Waals surface area contributed by atoms with Crippen molar-refractivity contribution in [1.82, 2.24) is 0 Å². The van der Waals surface area contributed by atoms with Gasteiger partial charge in [-0.25, -0.2) is 8.78 Å². The molecule has 19 heavy (non-hydrogen) atoms. The molecule has 2 nitrogen and oxygen atoms in total. The second kappa shape index (κ2) is 6.06. The lowest BCUT2D eigenvalue weighted by Crippen LogP contribution is -2.36. The first-order valence-electron chi connectivity index (χ1n) is 6.61. The number of halogens is 3. The minimum absolute atomic E-state index is 0.00489. The third kappa shape index (κ3) is 3.80. The van der Waals surface area contributed by atoms with E-state index in [1.807, 2.05) is 0 Å². The van der Waals surface area contributed by atoms with Gasteiger partial charge in [0.2, 0.25) is 0 Å². The second-order valence-corrected chi connectivity index (χ2v) is 5.64. The van der Waals surface area contributed by atoms with Crippen molar-refractivity contribution in [2.24, 2.45) is 0 Å². The molecule has 0 aromatic heterocycles. The van der Waals surface area contributed by atoms with Crippen LogP contribution in [-0.2, 0) is 0 Å². The summed E-state index contributed by atoms with van der Waals surface area (Å²) in [6, 6.07) is 1.84. The van der Waals surface area contributed by atoms with Crippen LogP contribution in [0.25, 0.3) is 0 Å². The molecular weight excluding hydrogens is 272 g/mol. The fourth-order valence-electron chi connectivity index (χ4n) is 2.53. The lowest BCUT2D eigenvalue weighted by Gasteiger charge is -2.27. The van der Waals surface area contributed by atoms with E-state index in [1.54, 1.807) is 0 Å². The van der Waals surface area contributed by atoms with Crippen LogP contribution in [0.4, 0.5) is 14.5 Å². The predicted octanol–water partition coefficient (Wildman–Crippen LogP) is 4.12. The third-order valence-electron chi connectivity index (χ3n) is 3.64. The lowest BCUT2D eigenvalue weighted by molar-refractivity contribution is 0.0381. The van der Waals surface area contributed by atoms with Crippen LogP contribution in [0.5, 0.6) is 0 Å². The zero-order valence-corrected chi connectivity index (χ0v) is 11.4. The minimum Gasteiger partial charge on any atom is -0.388 e. The Kier molecular flexibility index (Phi) is 4.63.